The highest BCUT2D eigenvalue weighted by Gasteiger charge is 2.34. The number of β-amino-alcohol motifs (C(OH)–C–C–N with tert-alkyl or cyclic N) is 1. The molecule has 1 heterocycles. The summed E-state index contributed by atoms with van der Waals surface area (Å²) < 4.78 is 0. The highest BCUT2D eigenvalue weighted by Crippen LogP contribution is 2.22. The van der Waals surface area contributed by atoms with Gasteiger partial charge in [0.15, 0.2) is 0 Å². The standard InChI is InChI=1S/C9H17NO3/c1-6-3-10(4-7(2)11)5-8(6)9(12)13/h6-8,11H,3-5H2,1-2H3,(H,12,13)/t6-,7?,8-/m1/s1. The Balaban J connectivity index is 2.45. The van der Waals surface area contributed by atoms with E-state index in [1.807, 2.05) is 11.8 Å². The van der Waals surface area contributed by atoms with Crippen molar-refractivity contribution in [2.75, 3.05) is 19.6 Å². The molecule has 0 radical (unpaired) electrons. The van der Waals surface area contributed by atoms with Crippen LogP contribution in [-0.2, 0) is 4.79 Å². The van der Waals surface area contributed by atoms with Crippen molar-refractivity contribution in [2.45, 2.75) is 20.0 Å². The van der Waals surface area contributed by atoms with Crippen LogP contribution < -0.4 is 0 Å². The lowest BCUT2D eigenvalue weighted by Crippen LogP contribution is -2.30. The fraction of sp³-hybridized carbons (Fsp3) is 0.889. The molecule has 13 heavy (non-hydrogen) atoms. The molecule has 0 aromatic heterocycles. The highest BCUT2D eigenvalue weighted by molar-refractivity contribution is 5.71. The van der Waals surface area contributed by atoms with E-state index in [9.17, 15) is 4.79 Å². The normalized spacial score (nSPS) is 31.9. The number of nitrogens with zero attached hydrogens (tertiary/aromatic N) is 1. The van der Waals surface area contributed by atoms with Gasteiger partial charge >= 0.3 is 5.97 Å². The van der Waals surface area contributed by atoms with E-state index >= 15 is 0 Å². The number of carboxylic acid groups (broad SMARTS) is 1. The summed E-state index contributed by atoms with van der Waals surface area (Å²) in [5, 5.41) is 18.0. The Hall–Kier alpha value is -0.610. The summed E-state index contributed by atoms with van der Waals surface area (Å²) >= 11 is 0. The second-order valence-electron chi connectivity index (χ2n) is 3.99. The Bertz CT molecular complexity index is 193. The Morgan fingerprint density at radius 3 is 2.62 bits per heavy atom. The molecule has 1 unspecified atom stereocenters. The van der Waals surface area contributed by atoms with Crippen LogP contribution in [0, 0.1) is 11.8 Å². The number of rotatable bonds is 3. The van der Waals surface area contributed by atoms with Crippen molar-refractivity contribution >= 4 is 5.97 Å². The summed E-state index contributed by atoms with van der Waals surface area (Å²) in [6, 6.07) is 0. The first-order valence-electron chi connectivity index (χ1n) is 4.64. The fourth-order valence-corrected chi connectivity index (χ4v) is 1.91. The highest BCUT2D eigenvalue weighted by atomic mass is 16.4. The van der Waals surface area contributed by atoms with Crippen LogP contribution in [0.3, 0.4) is 0 Å². The average Bonchev–Trinajstić information content (AvgIpc) is 2.29. The van der Waals surface area contributed by atoms with Gasteiger partial charge in [-0.3, -0.25) is 9.69 Å². The van der Waals surface area contributed by atoms with Crippen LogP contribution in [-0.4, -0.2) is 46.8 Å². The van der Waals surface area contributed by atoms with E-state index < -0.39 is 5.97 Å². The topological polar surface area (TPSA) is 60.8 Å². The number of aliphatic hydroxyl groups is 1. The van der Waals surface area contributed by atoms with E-state index in [1.165, 1.54) is 0 Å². The summed E-state index contributed by atoms with van der Waals surface area (Å²) in [5.41, 5.74) is 0. The van der Waals surface area contributed by atoms with Gasteiger partial charge in [0.2, 0.25) is 0 Å². The predicted molar refractivity (Wildman–Crippen MR) is 48.4 cm³/mol. The number of aliphatic carboxylic acids is 1. The van der Waals surface area contributed by atoms with Gasteiger partial charge in [-0.25, -0.2) is 0 Å². The number of likely N-dealkylation sites (tertiary alicyclic amines) is 1. The summed E-state index contributed by atoms with van der Waals surface area (Å²) in [6.45, 7) is 5.59. The molecule has 1 rings (SSSR count). The first-order valence-corrected chi connectivity index (χ1v) is 4.64. The molecule has 1 saturated heterocycles. The molecule has 0 aliphatic carbocycles. The number of carbonyl (C=O) groups is 1. The van der Waals surface area contributed by atoms with E-state index in [0.29, 0.717) is 13.1 Å². The summed E-state index contributed by atoms with van der Waals surface area (Å²) in [4.78, 5) is 12.8. The Labute approximate surface area is 78.2 Å². The van der Waals surface area contributed by atoms with Crippen LogP contribution in [0.2, 0.25) is 0 Å². The second kappa shape index (κ2) is 4.07. The molecule has 0 aromatic carbocycles. The molecule has 0 spiro atoms. The molecular weight excluding hydrogens is 170 g/mol. The lowest BCUT2D eigenvalue weighted by Gasteiger charge is -2.16. The Kier molecular flexibility index (Phi) is 3.27. The van der Waals surface area contributed by atoms with Crippen LogP contribution in [0.5, 0.6) is 0 Å². The van der Waals surface area contributed by atoms with Gasteiger partial charge in [-0.2, -0.15) is 0 Å². The number of aliphatic hydroxyl groups excluding tert-OH is 1. The zero-order chi connectivity index (χ0) is 10.0. The molecule has 1 aliphatic rings. The summed E-state index contributed by atoms with van der Waals surface area (Å²) in [5.74, 6) is -0.796. The molecule has 1 aliphatic heterocycles. The van der Waals surface area contributed by atoms with Gasteiger partial charge < -0.3 is 10.2 Å². The van der Waals surface area contributed by atoms with Gasteiger partial charge in [0.25, 0.3) is 0 Å². The zero-order valence-electron chi connectivity index (χ0n) is 8.10. The van der Waals surface area contributed by atoms with Gasteiger partial charge in [-0.1, -0.05) is 6.92 Å². The van der Waals surface area contributed by atoms with Crippen molar-refractivity contribution in [1.29, 1.82) is 0 Å². The third-order valence-electron chi connectivity index (χ3n) is 2.53. The van der Waals surface area contributed by atoms with Crippen LogP contribution >= 0.6 is 0 Å². The molecule has 0 amide bonds. The van der Waals surface area contributed by atoms with Crippen molar-refractivity contribution in [3.05, 3.63) is 0 Å². The third kappa shape index (κ3) is 2.67. The van der Waals surface area contributed by atoms with Crippen molar-refractivity contribution in [3.8, 4) is 0 Å². The largest absolute Gasteiger partial charge is 0.481 e. The van der Waals surface area contributed by atoms with E-state index in [0.717, 1.165) is 6.54 Å². The van der Waals surface area contributed by atoms with E-state index in [-0.39, 0.29) is 17.9 Å². The molecule has 0 saturated carbocycles. The zero-order valence-corrected chi connectivity index (χ0v) is 8.10. The van der Waals surface area contributed by atoms with E-state index in [1.54, 1.807) is 6.92 Å². The number of hydrogen-bond acceptors (Lipinski definition) is 3. The molecule has 76 valence electrons. The van der Waals surface area contributed by atoms with Crippen LogP contribution in [0.25, 0.3) is 0 Å². The Morgan fingerprint density at radius 1 is 1.62 bits per heavy atom. The molecule has 0 aromatic rings. The second-order valence-corrected chi connectivity index (χ2v) is 3.99. The monoisotopic (exact) mass is 187 g/mol. The smallest absolute Gasteiger partial charge is 0.308 e. The lowest BCUT2D eigenvalue weighted by atomic mass is 9.99. The maximum absolute atomic E-state index is 10.8. The van der Waals surface area contributed by atoms with Gasteiger partial charge in [0, 0.05) is 19.6 Å². The third-order valence-corrected chi connectivity index (χ3v) is 2.53. The Morgan fingerprint density at radius 2 is 2.23 bits per heavy atom. The molecule has 3 atom stereocenters. The maximum Gasteiger partial charge on any atom is 0.308 e. The minimum absolute atomic E-state index is 0.191. The SMILES string of the molecule is CC(O)CN1C[C@@H](C)[C@H](C(=O)O)C1. The van der Waals surface area contributed by atoms with Crippen LogP contribution in [0.1, 0.15) is 13.8 Å². The molecule has 4 heteroatoms. The van der Waals surface area contributed by atoms with Gasteiger partial charge in [0.05, 0.1) is 12.0 Å². The molecular formula is C9H17NO3. The fourth-order valence-electron chi connectivity index (χ4n) is 1.91. The summed E-state index contributed by atoms with van der Waals surface area (Å²) in [7, 11) is 0. The van der Waals surface area contributed by atoms with Crippen molar-refractivity contribution in [3.63, 3.8) is 0 Å². The molecule has 4 nitrogen and oxygen atoms in total. The number of hydrogen-bond donors (Lipinski definition) is 2. The van der Waals surface area contributed by atoms with Crippen molar-refractivity contribution < 1.29 is 15.0 Å². The van der Waals surface area contributed by atoms with E-state index in [4.69, 9.17) is 10.2 Å². The average molecular weight is 187 g/mol. The molecule has 2 N–H and O–H groups in total. The van der Waals surface area contributed by atoms with Gasteiger partial charge in [-0.05, 0) is 12.8 Å². The summed E-state index contributed by atoms with van der Waals surface area (Å²) in [6.07, 6.45) is -0.375. The quantitative estimate of drug-likeness (QED) is 0.654. The molecule has 0 bridgehead atoms. The first-order chi connectivity index (χ1) is 6.00. The van der Waals surface area contributed by atoms with Gasteiger partial charge in [0.1, 0.15) is 0 Å². The van der Waals surface area contributed by atoms with Crippen molar-refractivity contribution in [2.24, 2.45) is 11.8 Å². The van der Waals surface area contributed by atoms with Crippen LogP contribution in [0.15, 0.2) is 0 Å². The van der Waals surface area contributed by atoms with Gasteiger partial charge in [-0.15, -0.1) is 0 Å². The maximum atomic E-state index is 10.8. The lowest BCUT2D eigenvalue weighted by molar-refractivity contribution is -0.142. The van der Waals surface area contributed by atoms with Crippen LogP contribution in [0.4, 0.5) is 0 Å². The number of carboxylic acids is 1. The minimum Gasteiger partial charge on any atom is -0.481 e. The minimum atomic E-state index is -0.722. The first kappa shape index (κ1) is 10.5. The predicted octanol–water partition coefficient (Wildman–Crippen LogP) is 0.0197. The van der Waals surface area contributed by atoms with Crippen molar-refractivity contribution in [1.82, 2.24) is 4.90 Å². The van der Waals surface area contributed by atoms with E-state index in [2.05, 4.69) is 0 Å². The molecule has 1 fully saturated rings.